The van der Waals surface area contributed by atoms with E-state index < -0.39 is 23.9 Å². The number of aryl methyl sites for hydroxylation is 4. The van der Waals surface area contributed by atoms with Gasteiger partial charge in [0.2, 0.25) is 0 Å². The third-order valence-electron chi connectivity index (χ3n) is 14.8. The van der Waals surface area contributed by atoms with E-state index >= 15 is 0 Å². The van der Waals surface area contributed by atoms with Gasteiger partial charge in [-0.2, -0.15) is 0 Å². The number of rotatable bonds is 16. The quantitative estimate of drug-likeness (QED) is 0.0747. The molecule has 14 aromatic rings. The molecule has 12 aromatic heterocycles. The molecule has 0 atom stereocenters. The monoisotopic (exact) mass is 1400 g/mol. The lowest BCUT2D eigenvalue weighted by Gasteiger charge is -2.19. The smallest absolute Gasteiger partial charge is 0.336 e. The molecular weight excluding hydrogens is 1350 g/mol. The van der Waals surface area contributed by atoms with Crippen LogP contribution >= 0.6 is 136 Å². The van der Waals surface area contributed by atoms with Gasteiger partial charge < -0.3 is 20.4 Å². The van der Waals surface area contributed by atoms with Gasteiger partial charge in [0.15, 0.2) is 0 Å². The Morgan fingerprint density at radius 3 is 0.611 bits per heavy atom. The summed E-state index contributed by atoms with van der Waals surface area (Å²) in [5.41, 5.74) is 3.14. The van der Waals surface area contributed by atoms with Crippen LogP contribution in [0.5, 0.6) is 0 Å². The van der Waals surface area contributed by atoms with Crippen molar-refractivity contribution < 1.29 is 39.6 Å². The van der Waals surface area contributed by atoms with Crippen LogP contribution in [0.2, 0.25) is 0 Å². The highest BCUT2D eigenvalue weighted by molar-refractivity contribution is 7.30. The number of thiophene rings is 12. The Kier molecular flexibility index (Phi) is 17.4. The molecule has 0 saturated heterocycles. The molecule has 0 radical (unpaired) electrons. The molecule has 12 heterocycles. The van der Waals surface area contributed by atoms with Crippen molar-refractivity contribution in [2.45, 2.75) is 41.5 Å². The minimum atomic E-state index is -1.09. The average Bonchev–Trinajstić information content (AvgIpc) is 1.34. The lowest BCUT2D eigenvalue weighted by molar-refractivity contribution is 0.0681. The largest absolute Gasteiger partial charge is 0.478 e. The molecule has 0 aliphatic rings. The third-order valence-corrected chi connectivity index (χ3v) is 29.2. The van der Waals surface area contributed by atoms with Gasteiger partial charge in [0, 0.05) is 139 Å². The molecule has 0 spiro atoms. The molecule has 0 aliphatic carbocycles. The van der Waals surface area contributed by atoms with E-state index in [0.717, 1.165) is 58.5 Å². The maximum absolute atomic E-state index is 12.9. The van der Waals surface area contributed by atoms with Gasteiger partial charge in [-0.05, 0) is 210 Å². The first-order valence-electron chi connectivity index (χ1n) is 27.7. The van der Waals surface area contributed by atoms with Crippen molar-refractivity contribution in [2.24, 2.45) is 0 Å². The highest BCUT2D eigenvalue weighted by Crippen LogP contribution is 2.51. The van der Waals surface area contributed by atoms with Crippen LogP contribution in [0.1, 0.15) is 72.1 Å². The Labute approximate surface area is 565 Å². The molecule has 4 N–H and O–H groups in total. The van der Waals surface area contributed by atoms with Crippen molar-refractivity contribution in [2.75, 3.05) is 0 Å². The SMILES string of the molecule is Cc1ccc(-c2ccc(-c3ccc(-c4c(C)c(C(=O)O)c(-c5ccc(-c6ccc(-c7ccc(C)s7)s6)s5)c(C)c4C(=O)O)s3)s2)s1.Cc1ccc(-c2ccc(-c3ccc(-c4cc(C(=O)O)c(-c5ccc(-c6ccc(-c7ccc(C)s7)s6)s5)cc4C(=O)O)s3)s2)s1. The molecule has 0 fully saturated rings. The van der Waals surface area contributed by atoms with Crippen LogP contribution in [0.15, 0.2) is 158 Å². The number of carboxylic acid groups (broad SMARTS) is 4. The molecule has 448 valence electrons. The van der Waals surface area contributed by atoms with Crippen molar-refractivity contribution in [3.8, 4) is 120 Å². The van der Waals surface area contributed by atoms with Crippen molar-refractivity contribution in [3.05, 3.63) is 211 Å². The van der Waals surface area contributed by atoms with E-state index in [-0.39, 0.29) is 22.3 Å². The summed E-state index contributed by atoms with van der Waals surface area (Å²) < 4.78 is 0. The Balaban J connectivity index is 0.000000165. The van der Waals surface area contributed by atoms with Crippen molar-refractivity contribution >= 4 is 160 Å². The molecule has 90 heavy (non-hydrogen) atoms. The van der Waals surface area contributed by atoms with Gasteiger partial charge in [-0.15, -0.1) is 136 Å². The zero-order chi connectivity index (χ0) is 62.8. The number of carboxylic acids is 4. The second-order valence-corrected chi connectivity index (χ2v) is 34.7. The summed E-state index contributed by atoms with van der Waals surface area (Å²) in [5, 5.41) is 41.6. The van der Waals surface area contributed by atoms with E-state index in [1.54, 1.807) is 105 Å². The summed E-state index contributed by atoms with van der Waals surface area (Å²) in [4.78, 5) is 76.9. The number of hydrogen-bond acceptors (Lipinski definition) is 16. The fourth-order valence-corrected chi connectivity index (χ4v) is 23.1. The van der Waals surface area contributed by atoms with E-state index in [2.05, 4.69) is 125 Å². The first-order chi connectivity index (χ1) is 43.3. The van der Waals surface area contributed by atoms with Crippen LogP contribution in [0.3, 0.4) is 0 Å². The summed E-state index contributed by atoms with van der Waals surface area (Å²) in [7, 11) is 0. The highest BCUT2D eigenvalue weighted by atomic mass is 32.1. The molecule has 0 aliphatic heterocycles. The first kappa shape index (κ1) is 61.6. The molecule has 0 bridgehead atoms. The lowest BCUT2D eigenvalue weighted by Crippen LogP contribution is -2.12. The number of hydrogen-bond donors (Lipinski definition) is 4. The van der Waals surface area contributed by atoms with Gasteiger partial charge in [0.1, 0.15) is 0 Å². The Morgan fingerprint density at radius 1 is 0.233 bits per heavy atom. The van der Waals surface area contributed by atoms with Crippen LogP contribution in [-0.2, 0) is 0 Å². The van der Waals surface area contributed by atoms with Crippen LogP contribution in [0, 0.1) is 41.5 Å². The minimum Gasteiger partial charge on any atom is -0.478 e. The van der Waals surface area contributed by atoms with Crippen LogP contribution in [-0.4, -0.2) is 44.3 Å². The van der Waals surface area contributed by atoms with Crippen LogP contribution in [0.4, 0.5) is 0 Å². The van der Waals surface area contributed by atoms with E-state index in [4.69, 9.17) is 0 Å². The summed E-state index contributed by atoms with van der Waals surface area (Å²) in [6, 6.07) is 52.4. The molecular formula is C70H48O8S12. The van der Waals surface area contributed by atoms with Crippen molar-refractivity contribution in [1.29, 1.82) is 0 Å². The van der Waals surface area contributed by atoms with Gasteiger partial charge in [-0.3, -0.25) is 0 Å². The Morgan fingerprint density at radius 2 is 0.411 bits per heavy atom. The Bertz CT molecular complexity index is 4770. The van der Waals surface area contributed by atoms with Crippen molar-refractivity contribution in [1.82, 2.24) is 0 Å². The van der Waals surface area contributed by atoms with Crippen LogP contribution < -0.4 is 0 Å². The zero-order valence-electron chi connectivity index (χ0n) is 48.3. The molecule has 8 nitrogen and oxygen atoms in total. The minimum absolute atomic E-state index is 0.0840. The summed E-state index contributed by atoms with van der Waals surface area (Å²) in [6.07, 6.45) is 0. The topological polar surface area (TPSA) is 149 Å². The lowest BCUT2D eigenvalue weighted by atomic mass is 9.86. The zero-order valence-corrected chi connectivity index (χ0v) is 58.1. The fraction of sp³-hybridized carbons (Fsp3) is 0.0857. The number of benzene rings is 2. The highest BCUT2D eigenvalue weighted by Gasteiger charge is 2.31. The summed E-state index contributed by atoms with van der Waals surface area (Å²) in [5.74, 6) is -4.32. The molecule has 20 heteroatoms. The molecule has 0 saturated carbocycles. The third kappa shape index (κ3) is 12.2. The average molecular weight is 1400 g/mol. The predicted molar refractivity (Wildman–Crippen MR) is 389 cm³/mol. The van der Waals surface area contributed by atoms with E-state index in [0.29, 0.717) is 33.4 Å². The van der Waals surface area contributed by atoms with Gasteiger partial charge >= 0.3 is 23.9 Å². The van der Waals surface area contributed by atoms with Gasteiger partial charge in [0.05, 0.1) is 22.3 Å². The second-order valence-electron chi connectivity index (χ2n) is 20.9. The van der Waals surface area contributed by atoms with Gasteiger partial charge in [-0.25, -0.2) is 19.2 Å². The fourth-order valence-electron chi connectivity index (χ4n) is 10.6. The normalized spacial score (nSPS) is 11.4. The molecule has 0 unspecified atom stereocenters. The van der Waals surface area contributed by atoms with Gasteiger partial charge in [-0.1, -0.05) is 0 Å². The first-order valence-corrected chi connectivity index (χ1v) is 37.5. The standard InChI is InChI=1S/C36H26O4S6.C34H22O4S6/c1-17-5-7-21(41-17)23-9-11-25(43-23)27-13-15-29(45-27)31-19(3)34(36(39)40)32(20(4)33(31)35(37)38)30-16-14-28(46-30)26-12-10-24(44-26)22-8-6-18(2)42-22;1-17-3-5-25(39-17)27-11-13-31(43-27)29-9-7-23(41-29)19-15-22(34(37)38)20(16-21(19)33(35)36)24-8-10-30(42-24)32-14-12-28(44-32)26-6-4-18(2)40-26/h5-16H,1-4H3,(H,37,38)(H,39,40);3-16H,1-2H3,(H,35,36)(H,37,38). The van der Waals surface area contributed by atoms with E-state index in [1.807, 2.05) is 48.5 Å². The maximum atomic E-state index is 12.9. The van der Waals surface area contributed by atoms with E-state index in [1.165, 1.54) is 116 Å². The van der Waals surface area contributed by atoms with Gasteiger partial charge in [0.25, 0.3) is 0 Å². The summed E-state index contributed by atoms with van der Waals surface area (Å²) in [6.45, 7) is 11.8. The molecule has 0 amide bonds. The molecule has 2 aromatic carbocycles. The maximum Gasteiger partial charge on any atom is 0.336 e. The number of carbonyl (C=O) groups is 4. The number of aromatic carboxylic acids is 4. The van der Waals surface area contributed by atoms with Crippen molar-refractivity contribution in [3.63, 3.8) is 0 Å². The second kappa shape index (κ2) is 25.4. The van der Waals surface area contributed by atoms with E-state index in [9.17, 15) is 39.6 Å². The summed E-state index contributed by atoms with van der Waals surface area (Å²) >= 11 is 19.8. The molecule has 14 rings (SSSR count). The Hall–Kier alpha value is -7.28. The predicted octanol–water partition coefficient (Wildman–Crippen LogP) is 24.8. The van der Waals surface area contributed by atoms with Crippen LogP contribution in [0.25, 0.3) is 120 Å².